The lowest BCUT2D eigenvalue weighted by Gasteiger charge is -2.00. The first-order valence-corrected chi connectivity index (χ1v) is 7.69. The zero-order valence-corrected chi connectivity index (χ0v) is 13.4. The zero-order valence-electron chi connectivity index (χ0n) is 13.4. The Morgan fingerprint density at radius 2 is 1.56 bits per heavy atom. The van der Waals surface area contributed by atoms with E-state index in [0.29, 0.717) is 11.3 Å². The minimum absolute atomic E-state index is 0.0310. The first kappa shape index (κ1) is 14.9. The lowest BCUT2D eigenvalue weighted by molar-refractivity contribution is -1.18. The van der Waals surface area contributed by atoms with Crippen molar-refractivity contribution in [3.05, 3.63) is 83.2 Å². The predicted octanol–water partition coefficient (Wildman–Crippen LogP) is 2.37. The molecule has 0 amide bonds. The summed E-state index contributed by atoms with van der Waals surface area (Å²) in [6, 6.07) is 18.9. The molecule has 0 bridgehead atoms. The van der Waals surface area contributed by atoms with Gasteiger partial charge in [0.25, 0.3) is 0 Å². The predicted molar refractivity (Wildman–Crippen MR) is 89.4 cm³/mol. The summed E-state index contributed by atoms with van der Waals surface area (Å²) in [5.41, 5.74) is 2.66. The number of benzene rings is 2. The van der Waals surface area contributed by atoms with Crippen LogP contribution >= 0.6 is 0 Å². The molecule has 25 heavy (non-hydrogen) atoms. The molecular weight excluding hydrogens is 320 g/mol. The van der Waals surface area contributed by atoms with Gasteiger partial charge in [0.15, 0.2) is 0 Å². The van der Waals surface area contributed by atoms with Gasteiger partial charge in [-0.05, 0) is 12.1 Å². The van der Waals surface area contributed by atoms with Gasteiger partial charge in [-0.3, -0.25) is 0 Å². The number of para-hydroxylation sites is 1. The van der Waals surface area contributed by atoms with Gasteiger partial charge in [-0.15, -0.1) is 0 Å². The van der Waals surface area contributed by atoms with Crippen LogP contribution in [0.4, 0.5) is 0 Å². The van der Waals surface area contributed by atoms with Gasteiger partial charge in [0.05, 0.1) is 12.6 Å². The van der Waals surface area contributed by atoms with Crippen LogP contribution in [0.1, 0.15) is 5.89 Å². The second-order valence-corrected chi connectivity index (χ2v) is 5.51. The molecule has 0 aliphatic heterocycles. The summed E-state index contributed by atoms with van der Waals surface area (Å²) >= 11 is 0. The third-order valence-electron chi connectivity index (χ3n) is 3.87. The fourth-order valence-corrected chi connectivity index (χ4v) is 2.64. The lowest BCUT2D eigenvalue weighted by atomic mass is 10.1. The van der Waals surface area contributed by atoms with Crippen molar-refractivity contribution < 1.29 is 14.1 Å². The van der Waals surface area contributed by atoms with E-state index in [2.05, 4.69) is 5.10 Å². The van der Waals surface area contributed by atoms with E-state index in [9.17, 15) is 10.4 Å². The maximum absolute atomic E-state index is 12.2. The number of aromatic nitrogens is 4. The number of hydrogen-bond donors (Lipinski definition) is 0. The van der Waals surface area contributed by atoms with Crippen LogP contribution in [-0.2, 0) is 0 Å². The van der Waals surface area contributed by atoms with Gasteiger partial charge in [0.2, 0.25) is 0 Å². The van der Waals surface area contributed by atoms with Gasteiger partial charge in [0.1, 0.15) is 20.9 Å². The highest BCUT2D eigenvalue weighted by atomic mass is 16.7. The summed E-state index contributed by atoms with van der Waals surface area (Å²) in [5.74, 6) is -0.120. The largest absolute Gasteiger partial charge is 0.558 e. The van der Waals surface area contributed by atoms with Crippen LogP contribution in [0.5, 0.6) is 0 Å². The number of rotatable bonds is 3. The zero-order chi connectivity index (χ0) is 17.4. The molecule has 124 valence electrons. The standard InChI is InChI=1S/C18H14N4O3/c1-13-21(23)22(24)18(25-13)16-12-20(15-10-6-3-7-11-15)19-17(16)14-8-4-2-5-9-14/h2-12H,1H3. The molecule has 7 nitrogen and oxygen atoms in total. The molecule has 2 aromatic carbocycles. The molecule has 2 aromatic heterocycles. The van der Waals surface area contributed by atoms with E-state index in [0.717, 1.165) is 11.3 Å². The minimum atomic E-state index is -0.0893. The van der Waals surface area contributed by atoms with Crippen LogP contribution < -0.4 is 9.69 Å². The molecule has 0 aliphatic carbocycles. The Kier molecular flexibility index (Phi) is 3.46. The average Bonchev–Trinajstić information content (AvgIpc) is 3.20. The first-order valence-electron chi connectivity index (χ1n) is 7.69. The van der Waals surface area contributed by atoms with Crippen LogP contribution in [0.25, 0.3) is 28.4 Å². The molecule has 0 saturated heterocycles. The minimum Gasteiger partial charge on any atom is -0.558 e. The van der Waals surface area contributed by atoms with E-state index in [4.69, 9.17) is 4.42 Å². The van der Waals surface area contributed by atoms with Crippen molar-refractivity contribution in [2.45, 2.75) is 6.92 Å². The van der Waals surface area contributed by atoms with Gasteiger partial charge in [0, 0.05) is 11.8 Å². The van der Waals surface area contributed by atoms with Gasteiger partial charge in [-0.1, -0.05) is 48.5 Å². The van der Waals surface area contributed by atoms with Crippen molar-refractivity contribution in [1.82, 2.24) is 9.78 Å². The highest BCUT2D eigenvalue weighted by molar-refractivity contribution is 5.75. The number of hydrogen-bond acceptors (Lipinski definition) is 4. The molecule has 4 aromatic rings. The maximum atomic E-state index is 12.2. The SMILES string of the molecule is Cc1oc(-c2cn(-c3ccccc3)nc2-c2ccccc2)[n+]([O-])[n+]1[O-]. The third-order valence-corrected chi connectivity index (χ3v) is 3.87. The molecular formula is C18H14N4O3. The van der Waals surface area contributed by atoms with E-state index in [1.165, 1.54) is 6.92 Å². The highest BCUT2D eigenvalue weighted by Crippen LogP contribution is 2.30. The third kappa shape index (κ3) is 2.51. The van der Waals surface area contributed by atoms with E-state index < -0.39 is 0 Å². The van der Waals surface area contributed by atoms with Crippen LogP contribution in [0.15, 0.2) is 71.3 Å². The van der Waals surface area contributed by atoms with Crippen molar-refractivity contribution in [3.8, 4) is 28.4 Å². The first-order chi connectivity index (χ1) is 12.1. The molecule has 0 aliphatic rings. The van der Waals surface area contributed by atoms with E-state index >= 15 is 0 Å². The van der Waals surface area contributed by atoms with Crippen LogP contribution in [-0.4, -0.2) is 9.78 Å². The molecule has 2 heterocycles. The summed E-state index contributed by atoms with van der Waals surface area (Å²) in [5, 5.41) is 28.5. The molecule has 0 atom stereocenters. The van der Waals surface area contributed by atoms with Gasteiger partial charge < -0.3 is 14.8 Å². The van der Waals surface area contributed by atoms with Crippen molar-refractivity contribution >= 4 is 0 Å². The van der Waals surface area contributed by atoms with E-state index in [1.54, 1.807) is 10.9 Å². The molecule has 4 rings (SSSR count). The molecule has 0 unspecified atom stereocenters. The summed E-state index contributed by atoms with van der Waals surface area (Å²) in [6.45, 7) is 1.44. The summed E-state index contributed by atoms with van der Waals surface area (Å²) in [6.07, 6.45) is 1.68. The quantitative estimate of drug-likeness (QED) is 0.425. The van der Waals surface area contributed by atoms with Gasteiger partial charge >= 0.3 is 11.8 Å². The normalized spacial score (nSPS) is 10.9. The topological polar surface area (TPSA) is 84.8 Å². The number of nitrogens with zero attached hydrogens (tertiary/aromatic N) is 4. The molecule has 0 fully saturated rings. The highest BCUT2D eigenvalue weighted by Gasteiger charge is 2.31. The van der Waals surface area contributed by atoms with Gasteiger partial charge in [-0.25, -0.2) is 4.68 Å². The molecule has 0 saturated carbocycles. The molecule has 0 radical (unpaired) electrons. The fourth-order valence-electron chi connectivity index (χ4n) is 2.64. The Labute approximate surface area is 143 Å². The van der Waals surface area contributed by atoms with Crippen molar-refractivity contribution in [2.24, 2.45) is 0 Å². The summed E-state index contributed by atoms with van der Waals surface area (Å²) in [4.78, 5) is 0.359. The molecule has 0 spiro atoms. The Balaban J connectivity index is 1.96. The van der Waals surface area contributed by atoms with Crippen LogP contribution in [0, 0.1) is 17.3 Å². The Bertz CT molecular complexity index is 1020. The Morgan fingerprint density at radius 1 is 0.920 bits per heavy atom. The average molecular weight is 334 g/mol. The monoisotopic (exact) mass is 334 g/mol. The van der Waals surface area contributed by atoms with Gasteiger partial charge in [-0.2, -0.15) is 5.10 Å². The molecule has 0 N–H and O–H groups in total. The fraction of sp³-hybridized carbons (Fsp3) is 0.0556. The van der Waals surface area contributed by atoms with E-state index in [1.807, 2.05) is 60.7 Å². The number of aryl methyl sites for hydroxylation is 1. The van der Waals surface area contributed by atoms with Crippen molar-refractivity contribution in [1.29, 1.82) is 0 Å². The summed E-state index contributed by atoms with van der Waals surface area (Å²) < 4.78 is 7.05. The van der Waals surface area contributed by atoms with Crippen molar-refractivity contribution in [2.75, 3.05) is 0 Å². The van der Waals surface area contributed by atoms with Crippen LogP contribution in [0.2, 0.25) is 0 Å². The second-order valence-electron chi connectivity index (χ2n) is 5.51. The smallest absolute Gasteiger partial charge is 0.466 e. The lowest BCUT2D eigenvalue weighted by Crippen LogP contribution is -2.59. The van der Waals surface area contributed by atoms with Crippen molar-refractivity contribution in [3.63, 3.8) is 0 Å². The summed E-state index contributed by atoms with van der Waals surface area (Å²) in [7, 11) is 0. The Hall–Kier alpha value is -3.61. The van der Waals surface area contributed by atoms with E-state index in [-0.39, 0.29) is 21.5 Å². The maximum Gasteiger partial charge on any atom is 0.466 e. The van der Waals surface area contributed by atoms with Crippen LogP contribution in [0.3, 0.4) is 0 Å². The molecule has 7 heteroatoms. The second kappa shape index (κ2) is 5.79. The Morgan fingerprint density at radius 3 is 2.16 bits per heavy atom.